The van der Waals surface area contributed by atoms with Crippen LogP contribution in [0.1, 0.15) is 20.9 Å². The molecule has 1 aliphatic heterocycles. The van der Waals surface area contributed by atoms with Gasteiger partial charge in [0.25, 0.3) is 0 Å². The van der Waals surface area contributed by atoms with E-state index in [9.17, 15) is 23.9 Å². The Kier molecular flexibility index (Phi) is 8.68. The molecular formula is C28H32FN7O4S2. The smallest absolute Gasteiger partial charge is 0.312 e. The Morgan fingerprint density at radius 1 is 1.05 bits per heavy atom. The number of rotatable bonds is 7. The largest absolute Gasteiger partial charge is 0.501 e. The van der Waals surface area contributed by atoms with Crippen molar-refractivity contribution in [3.05, 3.63) is 67.6 Å². The molecule has 4 heterocycles. The number of likely N-dealkylation sites (N-methyl/N-ethyl adjacent to an activating group) is 3. The fraction of sp³-hybridized carbons (Fsp3) is 0.393. The zero-order valence-electron chi connectivity index (χ0n) is 23.8. The minimum atomic E-state index is -0.696. The van der Waals surface area contributed by atoms with Crippen LogP contribution in [0.25, 0.3) is 15.7 Å². The lowest BCUT2D eigenvalue weighted by molar-refractivity contribution is -0.149. The zero-order valence-corrected chi connectivity index (χ0v) is 25.5. The summed E-state index contributed by atoms with van der Waals surface area (Å²) in [5, 5.41) is 11.2. The van der Waals surface area contributed by atoms with Crippen molar-refractivity contribution >= 4 is 39.4 Å². The number of aromatic hydroxyl groups is 1. The summed E-state index contributed by atoms with van der Waals surface area (Å²) in [6.45, 7) is 4.63. The molecule has 0 aliphatic carbocycles. The molecule has 0 saturated carbocycles. The summed E-state index contributed by atoms with van der Waals surface area (Å²) in [5.41, 5.74) is 0.882. The molecule has 1 N–H and O–H groups in total. The Labute approximate surface area is 250 Å². The quantitative estimate of drug-likeness (QED) is 0.316. The van der Waals surface area contributed by atoms with E-state index in [1.807, 2.05) is 0 Å². The van der Waals surface area contributed by atoms with Gasteiger partial charge in [0.05, 0.1) is 0 Å². The number of hydrogen-bond donors (Lipinski definition) is 1. The van der Waals surface area contributed by atoms with Gasteiger partial charge in [-0.1, -0.05) is 17.4 Å². The van der Waals surface area contributed by atoms with Crippen LogP contribution >= 0.6 is 22.7 Å². The molecule has 4 aromatic rings. The number of aromatic nitrogens is 3. The van der Waals surface area contributed by atoms with Crippen LogP contribution in [0.4, 0.5) is 4.39 Å². The van der Waals surface area contributed by atoms with Crippen LogP contribution in [0.5, 0.6) is 5.75 Å². The fourth-order valence-electron chi connectivity index (χ4n) is 4.71. The molecule has 0 atom stereocenters. The Hall–Kier alpha value is -3.72. The molecule has 11 nitrogen and oxygen atoms in total. The molecule has 1 aliphatic rings. The van der Waals surface area contributed by atoms with Gasteiger partial charge >= 0.3 is 17.4 Å². The van der Waals surface area contributed by atoms with Crippen LogP contribution in [0.15, 0.2) is 35.4 Å². The Bertz CT molecular complexity index is 1690. The summed E-state index contributed by atoms with van der Waals surface area (Å²) in [6.07, 6.45) is 3.75. The molecule has 0 bridgehead atoms. The molecule has 42 heavy (non-hydrogen) atoms. The highest BCUT2D eigenvalue weighted by atomic mass is 32.1. The number of nitrogens with zero attached hydrogens (tertiary/aromatic N) is 7. The first-order valence-corrected chi connectivity index (χ1v) is 15.0. The first-order valence-electron chi connectivity index (χ1n) is 13.3. The van der Waals surface area contributed by atoms with E-state index in [-0.39, 0.29) is 12.2 Å². The summed E-state index contributed by atoms with van der Waals surface area (Å²) < 4.78 is 15.5. The summed E-state index contributed by atoms with van der Waals surface area (Å²) in [7, 11) is 6.58. The summed E-state index contributed by atoms with van der Waals surface area (Å²) >= 11 is 2.68. The zero-order chi connectivity index (χ0) is 30.1. The van der Waals surface area contributed by atoms with Gasteiger partial charge in [-0.25, -0.2) is 14.4 Å². The van der Waals surface area contributed by atoms with E-state index in [0.29, 0.717) is 28.5 Å². The van der Waals surface area contributed by atoms with E-state index >= 15 is 0 Å². The number of benzene rings is 1. The van der Waals surface area contributed by atoms with E-state index in [4.69, 9.17) is 0 Å². The number of carbonyl (C=O) groups excluding carboxylic acids is 2. The standard InChI is InChI=1S/C28H32FN7O4S2/c1-32(2)26(39)27(40)34(4)14-18-11-19(29)6-5-17(18)12-20-13-30-24(41-20)22-23(37)25(38)36-16-21(42-28(36)31-22)15-35-9-7-33(3)8-10-35/h5-6,11,13,16,37H,7-10,12,14-15H2,1-4H3. The van der Waals surface area contributed by atoms with Gasteiger partial charge < -0.3 is 19.8 Å². The average Bonchev–Trinajstić information content (AvgIpc) is 3.59. The number of amides is 2. The van der Waals surface area contributed by atoms with Crippen LogP contribution in [0.3, 0.4) is 0 Å². The molecular weight excluding hydrogens is 581 g/mol. The first-order chi connectivity index (χ1) is 20.0. The van der Waals surface area contributed by atoms with Gasteiger partial charge in [-0.2, -0.15) is 0 Å². The monoisotopic (exact) mass is 613 g/mol. The predicted molar refractivity (Wildman–Crippen MR) is 159 cm³/mol. The number of halogens is 1. The van der Waals surface area contributed by atoms with Crippen molar-refractivity contribution < 1.29 is 19.1 Å². The number of hydrogen-bond acceptors (Lipinski definition) is 10. The van der Waals surface area contributed by atoms with Crippen molar-refractivity contribution in [2.24, 2.45) is 0 Å². The van der Waals surface area contributed by atoms with Gasteiger partial charge in [0.2, 0.25) is 5.75 Å². The molecule has 0 radical (unpaired) electrons. The van der Waals surface area contributed by atoms with Gasteiger partial charge in [-0.3, -0.25) is 23.7 Å². The van der Waals surface area contributed by atoms with Crippen molar-refractivity contribution in [1.82, 2.24) is 34.0 Å². The van der Waals surface area contributed by atoms with Crippen molar-refractivity contribution in [3.63, 3.8) is 0 Å². The first kappa shape index (κ1) is 29.8. The average molecular weight is 614 g/mol. The molecule has 1 aromatic carbocycles. The van der Waals surface area contributed by atoms with Crippen LogP contribution in [0, 0.1) is 5.82 Å². The second-order valence-electron chi connectivity index (χ2n) is 10.6. The lowest BCUT2D eigenvalue weighted by Crippen LogP contribution is -2.43. The highest BCUT2D eigenvalue weighted by Crippen LogP contribution is 2.32. The third-order valence-corrected chi connectivity index (χ3v) is 9.13. The van der Waals surface area contributed by atoms with Gasteiger partial charge in [0, 0.05) is 89.0 Å². The number of fused-ring (bicyclic) bond motifs is 1. The van der Waals surface area contributed by atoms with Crippen LogP contribution in [0.2, 0.25) is 0 Å². The Balaban J connectivity index is 1.36. The van der Waals surface area contributed by atoms with E-state index in [2.05, 4.69) is 26.8 Å². The van der Waals surface area contributed by atoms with E-state index < -0.39 is 28.9 Å². The number of piperazine rings is 1. The third kappa shape index (κ3) is 6.36. The highest BCUT2D eigenvalue weighted by molar-refractivity contribution is 7.17. The summed E-state index contributed by atoms with van der Waals surface area (Å²) in [6, 6.07) is 4.32. The number of carbonyl (C=O) groups is 2. The lowest BCUT2D eigenvalue weighted by atomic mass is 10.0. The SMILES string of the molecule is CN1CCN(Cc2cn3c(=O)c(O)c(-c4ncc(Cc5ccc(F)cc5CN(C)C(=O)C(=O)N(C)C)s4)nc3s2)CC1. The van der Waals surface area contributed by atoms with Crippen LogP contribution in [-0.2, 0) is 29.1 Å². The highest BCUT2D eigenvalue weighted by Gasteiger charge is 2.23. The predicted octanol–water partition coefficient (Wildman–Crippen LogP) is 2.11. The third-order valence-electron chi connectivity index (χ3n) is 7.16. The minimum absolute atomic E-state index is 0.0434. The summed E-state index contributed by atoms with van der Waals surface area (Å²) in [4.78, 5) is 55.9. The van der Waals surface area contributed by atoms with Crippen molar-refractivity contribution in [2.75, 3.05) is 54.4 Å². The molecule has 1 fully saturated rings. The second kappa shape index (κ2) is 12.3. The van der Waals surface area contributed by atoms with Gasteiger partial charge in [0.15, 0.2) is 4.96 Å². The maximum absolute atomic E-state index is 14.1. The molecule has 222 valence electrons. The molecule has 14 heteroatoms. The molecule has 1 saturated heterocycles. The van der Waals surface area contributed by atoms with E-state index in [0.717, 1.165) is 41.5 Å². The molecule has 3 aromatic heterocycles. The lowest BCUT2D eigenvalue weighted by Gasteiger charge is -2.31. The van der Waals surface area contributed by atoms with Crippen molar-refractivity contribution in [1.29, 1.82) is 0 Å². The number of thiazole rings is 2. The maximum atomic E-state index is 14.1. The normalized spacial score (nSPS) is 14.4. The van der Waals surface area contributed by atoms with Crippen LogP contribution in [-0.4, -0.2) is 105 Å². The van der Waals surface area contributed by atoms with Gasteiger partial charge in [-0.05, 0) is 30.3 Å². The minimum Gasteiger partial charge on any atom is -0.501 e. The van der Waals surface area contributed by atoms with Crippen LogP contribution < -0.4 is 5.56 Å². The Morgan fingerprint density at radius 2 is 1.79 bits per heavy atom. The van der Waals surface area contributed by atoms with Gasteiger partial charge in [-0.15, -0.1) is 11.3 Å². The van der Waals surface area contributed by atoms with E-state index in [1.54, 1.807) is 18.5 Å². The van der Waals surface area contributed by atoms with Crippen molar-refractivity contribution in [2.45, 2.75) is 19.5 Å². The molecule has 5 rings (SSSR count). The Morgan fingerprint density at radius 3 is 2.50 bits per heavy atom. The topological polar surface area (TPSA) is 115 Å². The molecule has 0 unspecified atom stereocenters. The molecule has 0 spiro atoms. The fourth-order valence-corrected chi connectivity index (χ4v) is 6.65. The van der Waals surface area contributed by atoms with E-state index in [1.165, 1.54) is 70.1 Å². The van der Waals surface area contributed by atoms with Gasteiger partial charge in [0.1, 0.15) is 16.5 Å². The maximum Gasteiger partial charge on any atom is 0.312 e. The van der Waals surface area contributed by atoms with Crippen molar-refractivity contribution in [3.8, 4) is 16.5 Å². The summed E-state index contributed by atoms with van der Waals surface area (Å²) in [5.74, 6) is -2.28. The second-order valence-corrected chi connectivity index (χ2v) is 12.8. The molecule has 2 amide bonds.